The van der Waals surface area contributed by atoms with Crippen LogP contribution in [0.25, 0.3) is 0 Å². The summed E-state index contributed by atoms with van der Waals surface area (Å²) < 4.78 is 33.3. The van der Waals surface area contributed by atoms with Crippen LogP contribution in [-0.4, -0.2) is 13.6 Å². The van der Waals surface area contributed by atoms with Gasteiger partial charge < -0.3 is 8.71 Å². The zero-order chi connectivity index (χ0) is 13.2. The van der Waals surface area contributed by atoms with E-state index in [-0.39, 0.29) is 5.75 Å². The smallest absolute Gasteiger partial charge is 0.315 e. The van der Waals surface area contributed by atoms with Gasteiger partial charge in [-0.25, -0.2) is 0 Å². The van der Waals surface area contributed by atoms with E-state index in [1.165, 1.54) is 12.3 Å². The molecule has 0 aliphatic rings. The van der Waals surface area contributed by atoms with Crippen LogP contribution in [0.15, 0.2) is 35.1 Å². The molecule has 1 aromatic carbocycles. The van der Waals surface area contributed by atoms with Gasteiger partial charge in [0.2, 0.25) is 0 Å². The minimum Gasteiger partial charge on any atom is -0.382 e. The Bertz CT molecular complexity index is 632. The van der Waals surface area contributed by atoms with Gasteiger partial charge in [0.1, 0.15) is 23.5 Å². The van der Waals surface area contributed by atoms with Crippen LogP contribution in [0.1, 0.15) is 16.8 Å². The van der Waals surface area contributed by atoms with Crippen LogP contribution in [0.4, 0.5) is 0 Å². The van der Waals surface area contributed by atoms with Crippen molar-refractivity contribution in [2.24, 2.45) is 0 Å². The summed E-state index contributed by atoms with van der Waals surface area (Å²) in [5, 5.41) is 3.55. The molecule has 1 aromatic heterocycles. The predicted octanol–water partition coefficient (Wildman–Crippen LogP) is 2.20. The van der Waals surface area contributed by atoms with Gasteiger partial charge in [-0.3, -0.25) is 0 Å². The summed E-state index contributed by atoms with van der Waals surface area (Å²) in [5.41, 5.74) is 2.10. The minimum atomic E-state index is -3.72. The van der Waals surface area contributed by atoms with Crippen LogP contribution in [0.5, 0.6) is 5.75 Å². The van der Waals surface area contributed by atoms with Crippen LogP contribution in [0.3, 0.4) is 0 Å². The van der Waals surface area contributed by atoms with Crippen molar-refractivity contribution in [3.05, 3.63) is 47.3 Å². The fourth-order valence-corrected chi connectivity index (χ4v) is 2.50. The third-order valence-electron chi connectivity index (χ3n) is 2.59. The average Bonchev–Trinajstić information content (AvgIpc) is 2.76. The SMILES string of the molecule is Cc1cccc(OS(=O)(=O)Cc2ccon2)c1C. The van der Waals surface area contributed by atoms with Gasteiger partial charge in [0, 0.05) is 6.07 Å². The van der Waals surface area contributed by atoms with Crippen molar-refractivity contribution in [1.29, 1.82) is 0 Å². The second-order valence-electron chi connectivity index (χ2n) is 3.97. The quantitative estimate of drug-likeness (QED) is 0.794. The van der Waals surface area contributed by atoms with E-state index in [1.54, 1.807) is 12.1 Å². The number of hydrogen-bond donors (Lipinski definition) is 0. The van der Waals surface area contributed by atoms with E-state index in [0.717, 1.165) is 11.1 Å². The molecule has 18 heavy (non-hydrogen) atoms. The number of rotatable bonds is 4. The van der Waals surface area contributed by atoms with E-state index in [4.69, 9.17) is 4.18 Å². The molecule has 5 nitrogen and oxygen atoms in total. The second kappa shape index (κ2) is 4.81. The maximum atomic E-state index is 11.8. The van der Waals surface area contributed by atoms with Gasteiger partial charge in [-0.2, -0.15) is 8.42 Å². The largest absolute Gasteiger partial charge is 0.382 e. The van der Waals surface area contributed by atoms with Crippen molar-refractivity contribution in [2.45, 2.75) is 19.6 Å². The maximum Gasteiger partial charge on any atom is 0.315 e. The molecule has 6 heteroatoms. The molecular weight excluding hydrogens is 254 g/mol. The van der Waals surface area contributed by atoms with Crippen molar-refractivity contribution >= 4 is 10.1 Å². The number of aromatic nitrogens is 1. The Labute approximate surface area is 105 Å². The molecule has 2 rings (SSSR count). The van der Waals surface area contributed by atoms with E-state index in [1.807, 2.05) is 19.9 Å². The molecule has 2 aromatic rings. The van der Waals surface area contributed by atoms with E-state index >= 15 is 0 Å². The lowest BCUT2D eigenvalue weighted by molar-refractivity contribution is 0.412. The monoisotopic (exact) mass is 267 g/mol. The summed E-state index contributed by atoms with van der Waals surface area (Å²) in [5.74, 6) is 0.0372. The lowest BCUT2D eigenvalue weighted by Crippen LogP contribution is -2.13. The molecule has 0 aliphatic heterocycles. The highest BCUT2D eigenvalue weighted by Gasteiger charge is 2.17. The van der Waals surface area contributed by atoms with Crippen LogP contribution < -0.4 is 4.18 Å². The van der Waals surface area contributed by atoms with E-state index in [0.29, 0.717) is 11.4 Å². The molecule has 0 bridgehead atoms. The van der Waals surface area contributed by atoms with Crippen molar-refractivity contribution < 1.29 is 17.1 Å². The van der Waals surface area contributed by atoms with Gasteiger partial charge in [0.15, 0.2) is 0 Å². The van der Waals surface area contributed by atoms with Crippen LogP contribution in [-0.2, 0) is 15.9 Å². The molecule has 0 amide bonds. The van der Waals surface area contributed by atoms with Crippen LogP contribution in [0, 0.1) is 13.8 Å². The standard InChI is InChI=1S/C12H13NO4S/c1-9-4-3-5-12(10(9)2)17-18(14,15)8-11-6-7-16-13-11/h3-7H,8H2,1-2H3. The highest BCUT2D eigenvalue weighted by Crippen LogP contribution is 2.23. The first-order valence-corrected chi connectivity index (χ1v) is 6.93. The van der Waals surface area contributed by atoms with Gasteiger partial charge in [0.05, 0.1) is 0 Å². The molecule has 0 fully saturated rings. The molecule has 0 N–H and O–H groups in total. The summed E-state index contributed by atoms with van der Waals surface area (Å²) in [6.07, 6.45) is 1.32. The Morgan fingerprint density at radius 1 is 1.28 bits per heavy atom. The average molecular weight is 267 g/mol. The Morgan fingerprint density at radius 2 is 2.06 bits per heavy atom. The Morgan fingerprint density at radius 3 is 2.72 bits per heavy atom. The zero-order valence-electron chi connectivity index (χ0n) is 10.1. The third kappa shape index (κ3) is 2.89. The molecule has 96 valence electrons. The molecular formula is C12H13NO4S. The molecule has 0 unspecified atom stereocenters. The molecule has 0 radical (unpaired) electrons. The Hall–Kier alpha value is -1.82. The highest BCUT2D eigenvalue weighted by molar-refractivity contribution is 7.86. The zero-order valence-corrected chi connectivity index (χ0v) is 10.9. The van der Waals surface area contributed by atoms with Gasteiger partial charge >= 0.3 is 10.1 Å². The van der Waals surface area contributed by atoms with Crippen molar-refractivity contribution in [2.75, 3.05) is 0 Å². The molecule has 0 saturated heterocycles. The summed E-state index contributed by atoms with van der Waals surface area (Å²) in [6, 6.07) is 6.77. The molecule has 1 heterocycles. The fourth-order valence-electron chi connectivity index (χ4n) is 1.47. The van der Waals surface area contributed by atoms with Crippen LogP contribution in [0.2, 0.25) is 0 Å². The summed E-state index contributed by atoms with van der Waals surface area (Å²) in [6.45, 7) is 3.71. The van der Waals surface area contributed by atoms with Crippen molar-refractivity contribution in [3.8, 4) is 5.75 Å². The lowest BCUT2D eigenvalue weighted by Gasteiger charge is -2.09. The predicted molar refractivity (Wildman–Crippen MR) is 65.7 cm³/mol. The first kappa shape index (κ1) is 12.6. The molecule has 0 aliphatic carbocycles. The Balaban J connectivity index is 2.20. The maximum absolute atomic E-state index is 11.8. The second-order valence-corrected chi connectivity index (χ2v) is 5.54. The number of hydrogen-bond acceptors (Lipinski definition) is 5. The Kier molecular flexibility index (Phi) is 3.38. The van der Waals surface area contributed by atoms with Crippen molar-refractivity contribution in [1.82, 2.24) is 5.16 Å². The summed E-state index contributed by atoms with van der Waals surface area (Å²) >= 11 is 0. The fraction of sp³-hybridized carbons (Fsp3) is 0.250. The summed E-state index contributed by atoms with van der Waals surface area (Å²) in [4.78, 5) is 0. The van der Waals surface area contributed by atoms with E-state index in [2.05, 4.69) is 9.68 Å². The summed E-state index contributed by atoms with van der Waals surface area (Å²) in [7, 11) is -3.72. The lowest BCUT2D eigenvalue weighted by atomic mass is 10.1. The van der Waals surface area contributed by atoms with Gasteiger partial charge in [-0.05, 0) is 31.0 Å². The minimum absolute atomic E-state index is 0.309. The first-order valence-electron chi connectivity index (χ1n) is 5.35. The number of nitrogens with zero attached hydrogens (tertiary/aromatic N) is 1. The molecule has 0 saturated carbocycles. The highest BCUT2D eigenvalue weighted by atomic mass is 32.2. The molecule has 0 atom stereocenters. The van der Waals surface area contributed by atoms with Gasteiger partial charge in [0.25, 0.3) is 0 Å². The molecule has 0 spiro atoms. The first-order chi connectivity index (χ1) is 8.48. The van der Waals surface area contributed by atoms with E-state index < -0.39 is 10.1 Å². The number of benzene rings is 1. The van der Waals surface area contributed by atoms with Gasteiger partial charge in [-0.15, -0.1) is 0 Å². The van der Waals surface area contributed by atoms with E-state index in [9.17, 15) is 8.42 Å². The van der Waals surface area contributed by atoms with Gasteiger partial charge in [-0.1, -0.05) is 17.3 Å². The normalized spacial score (nSPS) is 11.4. The number of aryl methyl sites for hydroxylation is 1. The van der Waals surface area contributed by atoms with Crippen molar-refractivity contribution in [3.63, 3.8) is 0 Å². The van der Waals surface area contributed by atoms with Crippen LogP contribution >= 0.6 is 0 Å². The topological polar surface area (TPSA) is 69.4 Å². The third-order valence-corrected chi connectivity index (χ3v) is 3.67.